The molecule has 6 aliphatic rings. The Morgan fingerprint density at radius 1 is 0.471 bits per heavy atom. The third-order valence-electron chi connectivity index (χ3n) is 18.9. The predicted octanol–water partition coefficient (Wildman–Crippen LogP) is -0.134. The van der Waals surface area contributed by atoms with Gasteiger partial charge in [-0.15, -0.1) is 0 Å². The second kappa shape index (κ2) is 41.9. The summed E-state index contributed by atoms with van der Waals surface area (Å²) in [6, 6.07) is -2.16. The number of carbonyl (C=O) groups excluding carboxylic acids is 6. The Labute approximate surface area is 595 Å². The van der Waals surface area contributed by atoms with Crippen molar-refractivity contribution >= 4 is 35.3 Å². The van der Waals surface area contributed by atoms with Gasteiger partial charge < -0.3 is 122 Å². The maximum atomic E-state index is 12.6. The van der Waals surface area contributed by atoms with Gasteiger partial charge in [-0.25, -0.2) is 0 Å². The number of nitrogens with two attached hydrogens (primary N) is 4. The van der Waals surface area contributed by atoms with Gasteiger partial charge in [0.05, 0.1) is 121 Å². The van der Waals surface area contributed by atoms with E-state index in [2.05, 4.69) is 0 Å². The Hall–Kier alpha value is -5.66. The molecule has 6 heterocycles. The van der Waals surface area contributed by atoms with Gasteiger partial charge in [-0.2, -0.15) is 0 Å². The van der Waals surface area contributed by atoms with E-state index in [9.17, 15) is 90.0 Å². The van der Waals surface area contributed by atoms with Crippen LogP contribution in [0.2, 0.25) is 0 Å². The number of aliphatic hydroxyl groups excluding tert-OH is 10. The number of ketones is 2. The molecule has 4 fully saturated rings. The number of Topliss-reactive ketones (excluding diaryl/α,β-unsaturated/α-hetero) is 2. The van der Waals surface area contributed by atoms with E-state index in [1.165, 1.54) is 13.8 Å². The number of fused-ring (bicyclic) bond motifs is 4. The molecule has 30 nitrogen and oxygen atoms in total. The molecule has 576 valence electrons. The molecule has 0 saturated carbocycles. The van der Waals surface area contributed by atoms with Crippen LogP contribution in [0.1, 0.15) is 144 Å². The number of cyclic esters (lactones) is 2. The van der Waals surface area contributed by atoms with Crippen molar-refractivity contribution in [1.82, 2.24) is 0 Å². The fourth-order valence-corrected chi connectivity index (χ4v) is 12.8. The third kappa shape index (κ3) is 27.7. The van der Waals surface area contributed by atoms with Gasteiger partial charge in [0.15, 0.2) is 24.2 Å². The van der Waals surface area contributed by atoms with E-state index in [0.29, 0.717) is 12.8 Å². The highest BCUT2D eigenvalue weighted by molar-refractivity contribution is 5.81. The molecule has 4 bridgehead atoms. The van der Waals surface area contributed by atoms with Gasteiger partial charge in [0, 0.05) is 77.0 Å². The van der Waals surface area contributed by atoms with Crippen LogP contribution in [0.15, 0.2) is 97.2 Å². The van der Waals surface area contributed by atoms with Gasteiger partial charge in [0.1, 0.15) is 36.0 Å². The lowest BCUT2D eigenvalue weighted by Gasteiger charge is -2.45. The average Bonchev–Trinajstić information content (AvgIpc) is 0.791. The summed E-state index contributed by atoms with van der Waals surface area (Å²) >= 11 is 0. The van der Waals surface area contributed by atoms with E-state index in [0.717, 1.165) is 0 Å². The quantitative estimate of drug-likeness (QED) is 0.154. The van der Waals surface area contributed by atoms with E-state index in [-0.39, 0.29) is 88.6 Å². The molecule has 4 saturated heterocycles. The smallest absolute Gasteiger partial charge is 0.311 e. The number of esters is 2. The number of hydrogen-bond acceptors (Lipinski definition) is 28. The molecule has 0 spiro atoms. The van der Waals surface area contributed by atoms with Crippen LogP contribution in [0.4, 0.5) is 0 Å². The second-order valence-electron chi connectivity index (χ2n) is 27.8. The number of ether oxygens (including phenoxy) is 8. The standard InChI is InChI=1S/2C36H56N2O13/c2*1-20-12-9-7-5-4-6-8-10-15-25(50-35-32(44)30(37)31(43)22(3)49-35)17-28-29(33(38)45)27(42)19-36(47,51-28)18-24(40)14-11-13-23(39)16-26(41)21(2)34(46)48-20/h2*4-10,15,20-22,24-32,35,40-44,47H,11-14,16-19,37H2,1-3H3,(H2,38,45)/b2*5-4+,8-6+,9-7+,15-10+. The van der Waals surface area contributed by atoms with Crippen LogP contribution in [0, 0.1) is 23.7 Å². The molecule has 0 aromatic carbocycles. The summed E-state index contributed by atoms with van der Waals surface area (Å²) in [7, 11) is 0. The number of aliphatic hydroxyl groups is 12. The maximum absolute atomic E-state index is 12.6. The molecule has 20 N–H and O–H groups in total. The fraction of sp³-hybridized carbons (Fsp3) is 0.694. The van der Waals surface area contributed by atoms with Crippen molar-refractivity contribution in [3.05, 3.63) is 97.2 Å². The predicted molar refractivity (Wildman–Crippen MR) is 366 cm³/mol. The third-order valence-corrected chi connectivity index (χ3v) is 18.9. The van der Waals surface area contributed by atoms with E-state index in [1.807, 2.05) is 0 Å². The Bertz CT molecular complexity index is 2740. The first kappa shape index (κ1) is 87.0. The van der Waals surface area contributed by atoms with Crippen LogP contribution in [-0.4, -0.2) is 243 Å². The van der Waals surface area contributed by atoms with Crippen molar-refractivity contribution in [3.8, 4) is 0 Å². The van der Waals surface area contributed by atoms with Gasteiger partial charge >= 0.3 is 11.9 Å². The summed E-state index contributed by atoms with van der Waals surface area (Å²) in [6.45, 7) is 9.55. The fourth-order valence-electron chi connectivity index (χ4n) is 12.8. The molecule has 0 aromatic rings. The molecule has 6 aliphatic heterocycles. The SMILES string of the molecule is CC1C/C=C/C=C/C=C/C=C/C(OC2OC(C)C(O)C(N)C2O)CC2OC(O)(CC(O)CCCC(=O)CC(O)C(C)C(=O)O1)CC(O)C2C(N)=O.CC1C/C=C/C=C/C=C/C=C/C(OC2OC(C)C(O)C(N)C2O)CC2OC(O)(CC(O)CCCC(=O)CC(O)C(C)C(=O)O1)CC(O)C2C(N)=O. The molecule has 30 heteroatoms. The van der Waals surface area contributed by atoms with Gasteiger partial charge in [-0.3, -0.25) is 28.8 Å². The van der Waals surface area contributed by atoms with Gasteiger partial charge in [-0.1, -0.05) is 97.2 Å². The van der Waals surface area contributed by atoms with Crippen molar-refractivity contribution in [2.75, 3.05) is 0 Å². The van der Waals surface area contributed by atoms with Crippen molar-refractivity contribution in [1.29, 1.82) is 0 Å². The highest BCUT2D eigenvalue weighted by Gasteiger charge is 2.52. The summed E-state index contributed by atoms with van der Waals surface area (Å²) in [5.41, 5.74) is 23.3. The van der Waals surface area contributed by atoms with Crippen LogP contribution >= 0.6 is 0 Å². The number of amides is 2. The van der Waals surface area contributed by atoms with Crippen molar-refractivity contribution in [2.45, 2.75) is 290 Å². The molecule has 28 atom stereocenters. The number of carbonyl (C=O) groups is 6. The molecule has 0 radical (unpaired) electrons. The largest absolute Gasteiger partial charge is 0.462 e. The molecule has 0 aromatic heterocycles. The highest BCUT2D eigenvalue weighted by atomic mass is 16.7. The Balaban J connectivity index is 0.000000367. The first-order valence-electron chi connectivity index (χ1n) is 35.1. The summed E-state index contributed by atoms with van der Waals surface area (Å²) < 4.78 is 46.4. The number of allylic oxidation sites excluding steroid dienone is 12. The molecular formula is C72H112N4O26. The molecule has 6 rings (SSSR count). The minimum atomic E-state index is -2.10. The molecular weight excluding hydrogens is 1340 g/mol. The van der Waals surface area contributed by atoms with E-state index in [1.54, 1.807) is 125 Å². The van der Waals surface area contributed by atoms with Crippen molar-refractivity contribution < 1.29 is 128 Å². The summed E-state index contributed by atoms with van der Waals surface area (Å²) in [5, 5.41) is 129. The van der Waals surface area contributed by atoms with Crippen LogP contribution in [0.3, 0.4) is 0 Å². The van der Waals surface area contributed by atoms with E-state index < -0.39 is 206 Å². The summed E-state index contributed by atoms with van der Waals surface area (Å²) in [4.78, 5) is 75.3. The first-order chi connectivity index (χ1) is 48.0. The topological polar surface area (TPSA) is 523 Å². The zero-order valence-electron chi connectivity index (χ0n) is 59.0. The zero-order valence-corrected chi connectivity index (χ0v) is 59.0. The van der Waals surface area contributed by atoms with E-state index >= 15 is 0 Å². The lowest BCUT2D eigenvalue weighted by Crippen LogP contribution is -2.61. The Kier molecular flexibility index (Phi) is 35.7. The molecule has 102 heavy (non-hydrogen) atoms. The van der Waals surface area contributed by atoms with Crippen LogP contribution in [0.5, 0.6) is 0 Å². The number of rotatable bonds is 6. The van der Waals surface area contributed by atoms with E-state index in [4.69, 9.17) is 60.8 Å². The minimum absolute atomic E-state index is 0.00687. The number of primary amides is 2. The highest BCUT2D eigenvalue weighted by Crippen LogP contribution is 2.40. The van der Waals surface area contributed by atoms with Gasteiger partial charge in [-0.05, 0) is 67.2 Å². The minimum Gasteiger partial charge on any atom is -0.462 e. The Morgan fingerprint density at radius 2 is 0.804 bits per heavy atom. The normalized spacial score (nSPS) is 44.1. The van der Waals surface area contributed by atoms with Crippen molar-refractivity contribution in [2.24, 2.45) is 46.6 Å². The van der Waals surface area contributed by atoms with Gasteiger partial charge in [0.25, 0.3) is 0 Å². The second-order valence-corrected chi connectivity index (χ2v) is 27.8. The molecule has 0 aliphatic carbocycles. The summed E-state index contributed by atoms with van der Waals surface area (Å²) in [6.07, 6.45) is 3.76. The Morgan fingerprint density at radius 3 is 1.15 bits per heavy atom. The molecule has 28 unspecified atom stereocenters. The number of hydrogen-bond donors (Lipinski definition) is 16. The zero-order chi connectivity index (χ0) is 75.8. The lowest BCUT2D eigenvalue weighted by atomic mass is 9.82. The molecule has 2 amide bonds. The summed E-state index contributed by atoms with van der Waals surface area (Å²) in [5.74, 6) is -12.3. The van der Waals surface area contributed by atoms with Gasteiger partial charge in [0.2, 0.25) is 11.8 Å². The van der Waals surface area contributed by atoms with Crippen LogP contribution in [0.25, 0.3) is 0 Å². The van der Waals surface area contributed by atoms with Crippen molar-refractivity contribution in [3.63, 3.8) is 0 Å². The first-order valence-corrected chi connectivity index (χ1v) is 35.1. The lowest BCUT2D eigenvalue weighted by molar-refractivity contribution is -0.307. The monoisotopic (exact) mass is 1450 g/mol. The average molecular weight is 1450 g/mol. The van der Waals surface area contributed by atoms with Crippen LogP contribution < -0.4 is 22.9 Å². The maximum Gasteiger partial charge on any atom is 0.311 e. The van der Waals surface area contributed by atoms with Crippen LogP contribution in [-0.2, 0) is 66.7 Å².